The molecule has 0 saturated carbocycles. The molecular formula is C18H23N5O. The number of urea groups is 1. The van der Waals surface area contributed by atoms with Gasteiger partial charge < -0.3 is 15.1 Å². The molecule has 24 heavy (non-hydrogen) atoms. The maximum atomic E-state index is 12.5. The quantitative estimate of drug-likeness (QED) is 0.922. The molecule has 1 atom stereocenters. The fourth-order valence-electron chi connectivity index (χ4n) is 3.00. The zero-order valence-electron chi connectivity index (χ0n) is 14.4. The van der Waals surface area contributed by atoms with Crippen LogP contribution in [-0.4, -0.2) is 46.6 Å². The lowest BCUT2D eigenvalue weighted by atomic mass is 10.1. The van der Waals surface area contributed by atoms with Crippen molar-refractivity contribution in [1.29, 1.82) is 0 Å². The third-order valence-electron chi connectivity index (χ3n) is 4.33. The summed E-state index contributed by atoms with van der Waals surface area (Å²) >= 11 is 0. The summed E-state index contributed by atoms with van der Waals surface area (Å²) in [4.78, 5) is 25.3. The Morgan fingerprint density at radius 1 is 1.21 bits per heavy atom. The van der Waals surface area contributed by atoms with E-state index < -0.39 is 0 Å². The Morgan fingerprint density at radius 2 is 2.04 bits per heavy atom. The highest BCUT2D eigenvalue weighted by Crippen LogP contribution is 2.21. The van der Waals surface area contributed by atoms with Crippen LogP contribution in [-0.2, 0) is 0 Å². The van der Waals surface area contributed by atoms with Crippen molar-refractivity contribution in [2.45, 2.75) is 26.8 Å². The number of hydrogen-bond acceptors (Lipinski definition) is 4. The summed E-state index contributed by atoms with van der Waals surface area (Å²) in [5, 5.41) is 2.93. The minimum atomic E-state index is -0.0782. The van der Waals surface area contributed by atoms with E-state index in [-0.39, 0.29) is 12.1 Å². The summed E-state index contributed by atoms with van der Waals surface area (Å²) in [6.07, 6.45) is 3.50. The second-order valence-electron chi connectivity index (χ2n) is 6.25. The van der Waals surface area contributed by atoms with E-state index in [9.17, 15) is 4.79 Å². The summed E-state index contributed by atoms with van der Waals surface area (Å²) in [7, 11) is 0. The van der Waals surface area contributed by atoms with Crippen molar-refractivity contribution in [3.05, 3.63) is 47.9 Å². The summed E-state index contributed by atoms with van der Waals surface area (Å²) in [6.45, 7) is 8.28. The Morgan fingerprint density at radius 3 is 2.71 bits per heavy atom. The molecule has 2 aromatic rings. The smallest absolute Gasteiger partial charge is 0.322 e. The molecule has 0 spiro atoms. The van der Waals surface area contributed by atoms with E-state index in [0.29, 0.717) is 6.54 Å². The molecule has 0 aromatic carbocycles. The molecule has 2 amide bonds. The van der Waals surface area contributed by atoms with Crippen molar-refractivity contribution in [1.82, 2.24) is 14.9 Å². The number of pyridine rings is 2. The zero-order valence-corrected chi connectivity index (χ0v) is 14.4. The van der Waals surface area contributed by atoms with Gasteiger partial charge >= 0.3 is 6.03 Å². The van der Waals surface area contributed by atoms with Crippen LogP contribution < -0.4 is 10.2 Å². The van der Waals surface area contributed by atoms with Crippen LogP contribution in [0.3, 0.4) is 0 Å². The lowest BCUT2D eigenvalue weighted by Crippen LogP contribution is -2.55. The molecule has 126 valence electrons. The number of nitrogens with one attached hydrogen (secondary N) is 1. The Labute approximate surface area is 142 Å². The van der Waals surface area contributed by atoms with Gasteiger partial charge in [0.15, 0.2) is 0 Å². The largest absolute Gasteiger partial charge is 0.353 e. The molecule has 0 aliphatic carbocycles. The predicted molar refractivity (Wildman–Crippen MR) is 95.3 cm³/mol. The fourth-order valence-corrected chi connectivity index (χ4v) is 3.00. The molecule has 1 saturated heterocycles. The highest BCUT2D eigenvalue weighted by atomic mass is 16.2. The van der Waals surface area contributed by atoms with Crippen molar-refractivity contribution in [3.8, 4) is 0 Å². The molecule has 1 unspecified atom stereocenters. The van der Waals surface area contributed by atoms with Gasteiger partial charge in [0, 0.05) is 37.6 Å². The van der Waals surface area contributed by atoms with Crippen molar-refractivity contribution >= 4 is 17.5 Å². The molecule has 0 radical (unpaired) electrons. The number of piperazine rings is 1. The number of aryl methyl sites for hydroxylation is 2. The first-order chi connectivity index (χ1) is 11.5. The van der Waals surface area contributed by atoms with Crippen molar-refractivity contribution < 1.29 is 4.79 Å². The number of amides is 2. The van der Waals surface area contributed by atoms with Crippen LogP contribution in [0.5, 0.6) is 0 Å². The van der Waals surface area contributed by atoms with Gasteiger partial charge in [-0.05, 0) is 44.5 Å². The van der Waals surface area contributed by atoms with Gasteiger partial charge in [-0.25, -0.2) is 9.78 Å². The van der Waals surface area contributed by atoms with Crippen LogP contribution in [0.1, 0.15) is 18.2 Å². The minimum Gasteiger partial charge on any atom is -0.353 e. The third-order valence-corrected chi connectivity index (χ3v) is 4.33. The minimum absolute atomic E-state index is 0.0782. The highest BCUT2D eigenvalue weighted by Gasteiger charge is 2.28. The monoisotopic (exact) mass is 325 g/mol. The number of rotatable bonds is 2. The predicted octanol–water partition coefficient (Wildman–Crippen LogP) is 2.84. The number of aromatic nitrogens is 2. The Kier molecular flexibility index (Phi) is 4.64. The first-order valence-electron chi connectivity index (χ1n) is 8.21. The van der Waals surface area contributed by atoms with E-state index in [2.05, 4.69) is 40.1 Å². The number of anilines is 2. The second-order valence-corrected chi connectivity index (χ2v) is 6.25. The van der Waals surface area contributed by atoms with Crippen LogP contribution in [0.15, 0.2) is 36.7 Å². The van der Waals surface area contributed by atoms with E-state index in [1.807, 2.05) is 36.2 Å². The maximum Gasteiger partial charge on any atom is 0.322 e. The fraction of sp³-hybridized carbons (Fsp3) is 0.389. The molecule has 3 heterocycles. The normalized spacial score (nSPS) is 17.7. The van der Waals surface area contributed by atoms with Gasteiger partial charge in [-0.3, -0.25) is 4.98 Å². The van der Waals surface area contributed by atoms with Gasteiger partial charge in [-0.2, -0.15) is 0 Å². The molecular weight excluding hydrogens is 302 g/mol. The number of hydrogen-bond donors (Lipinski definition) is 1. The third kappa shape index (κ3) is 3.48. The summed E-state index contributed by atoms with van der Waals surface area (Å²) in [6, 6.07) is 7.81. The lowest BCUT2D eigenvalue weighted by molar-refractivity contribution is 0.184. The van der Waals surface area contributed by atoms with E-state index in [1.54, 1.807) is 6.20 Å². The van der Waals surface area contributed by atoms with Gasteiger partial charge in [0.1, 0.15) is 5.82 Å². The van der Waals surface area contributed by atoms with Crippen LogP contribution in [0.25, 0.3) is 0 Å². The second kappa shape index (κ2) is 6.86. The molecule has 0 bridgehead atoms. The average molecular weight is 325 g/mol. The number of carbonyl (C=O) groups excluding carboxylic acids is 1. The van der Waals surface area contributed by atoms with Crippen LogP contribution in [0.2, 0.25) is 0 Å². The molecule has 1 aliphatic rings. The van der Waals surface area contributed by atoms with Gasteiger partial charge in [0.05, 0.1) is 11.9 Å². The summed E-state index contributed by atoms with van der Waals surface area (Å²) in [5.41, 5.74) is 2.81. The molecule has 6 nitrogen and oxygen atoms in total. The van der Waals surface area contributed by atoms with E-state index in [4.69, 9.17) is 0 Å². The van der Waals surface area contributed by atoms with Gasteiger partial charge in [0.2, 0.25) is 0 Å². The maximum absolute atomic E-state index is 12.5. The van der Waals surface area contributed by atoms with Crippen LogP contribution in [0, 0.1) is 13.8 Å². The topological polar surface area (TPSA) is 61.4 Å². The van der Waals surface area contributed by atoms with Crippen molar-refractivity contribution in [2.75, 3.05) is 29.9 Å². The molecule has 3 rings (SSSR count). The van der Waals surface area contributed by atoms with Gasteiger partial charge in [-0.1, -0.05) is 6.07 Å². The Balaban J connectivity index is 1.64. The van der Waals surface area contributed by atoms with Gasteiger partial charge in [-0.15, -0.1) is 0 Å². The van der Waals surface area contributed by atoms with Crippen molar-refractivity contribution in [2.24, 2.45) is 0 Å². The molecule has 1 aliphatic heterocycles. The van der Waals surface area contributed by atoms with Gasteiger partial charge in [0.25, 0.3) is 0 Å². The average Bonchev–Trinajstić information content (AvgIpc) is 2.57. The van der Waals surface area contributed by atoms with Crippen LogP contribution in [0.4, 0.5) is 16.3 Å². The molecule has 6 heteroatoms. The summed E-state index contributed by atoms with van der Waals surface area (Å²) < 4.78 is 0. The number of carbonyl (C=O) groups is 1. The first kappa shape index (κ1) is 16.2. The molecule has 1 fully saturated rings. The zero-order chi connectivity index (χ0) is 17.1. The SMILES string of the molecule is Cc1ccc(NC(=O)N2CCN(c3ncccc3C)CC2C)cn1. The Bertz CT molecular complexity index is 716. The Hall–Kier alpha value is -2.63. The first-order valence-corrected chi connectivity index (χ1v) is 8.21. The molecule has 1 N–H and O–H groups in total. The van der Waals surface area contributed by atoms with Crippen LogP contribution >= 0.6 is 0 Å². The lowest BCUT2D eigenvalue weighted by Gasteiger charge is -2.40. The molecule has 2 aromatic heterocycles. The van der Waals surface area contributed by atoms with E-state index in [0.717, 1.165) is 35.9 Å². The van der Waals surface area contributed by atoms with E-state index in [1.165, 1.54) is 0 Å². The highest BCUT2D eigenvalue weighted by molar-refractivity contribution is 5.89. The standard InChI is InChI=1S/C18H23N5O/c1-13-5-4-8-19-17(13)22-9-10-23(15(3)12-22)18(24)21-16-7-6-14(2)20-11-16/h4-8,11,15H,9-10,12H2,1-3H3,(H,21,24). The van der Waals surface area contributed by atoms with E-state index >= 15 is 0 Å². The summed E-state index contributed by atoms with van der Waals surface area (Å²) in [5.74, 6) is 1.01. The number of nitrogens with zero attached hydrogens (tertiary/aromatic N) is 4. The van der Waals surface area contributed by atoms with Crippen molar-refractivity contribution in [3.63, 3.8) is 0 Å².